The SMILES string of the molecule is Cc1cccc(OCCC(=O)OCC(=O)N(C)[C@@H](C)c2nc3ccccc3s2)c1. The number of thiazole rings is 1. The van der Waals surface area contributed by atoms with Crippen LogP contribution in [0.5, 0.6) is 5.75 Å². The summed E-state index contributed by atoms with van der Waals surface area (Å²) in [4.78, 5) is 30.4. The van der Waals surface area contributed by atoms with E-state index in [1.165, 1.54) is 0 Å². The highest BCUT2D eigenvalue weighted by Gasteiger charge is 2.21. The van der Waals surface area contributed by atoms with Gasteiger partial charge < -0.3 is 14.4 Å². The highest BCUT2D eigenvalue weighted by atomic mass is 32.1. The molecule has 1 atom stereocenters. The minimum absolute atomic E-state index is 0.0817. The molecule has 3 rings (SSSR count). The van der Waals surface area contributed by atoms with Gasteiger partial charge in [0.15, 0.2) is 6.61 Å². The van der Waals surface area contributed by atoms with Crippen molar-refractivity contribution in [2.45, 2.75) is 26.3 Å². The molecule has 0 radical (unpaired) electrons. The van der Waals surface area contributed by atoms with Crippen molar-refractivity contribution < 1.29 is 19.1 Å². The Balaban J connectivity index is 1.44. The molecule has 0 saturated carbocycles. The van der Waals surface area contributed by atoms with Gasteiger partial charge in [0.25, 0.3) is 5.91 Å². The molecule has 2 aromatic carbocycles. The largest absolute Gasteiger partial charge is 0.493 e. The van der Waals surface area contributed by atoms with E-state index in [1.54, 1.807) is 23.3 Å². The van der Waals surface area contributed by atoms with Gasteiger partial charge in [0, 0.05) is 7.05 Å². The lowest BCUT2D eigenvalue weighted by Gasteiger charge is -2.23. The van der Waals surface area contributed by atoms with Crippen LogP contribution in [0, 0.1) is 6.92 Å². The number of aromatic nitrogens is 1. The summed E-state index contributed by atoms with van der Waals surface area (Å²) in [7, 11) is 1.69. The van der Waals surface area contributed by atoms with Gasteiger partial charge >= 0.3 is 5.97 Å². The lowest BCUT2D eigenvalue weighted by Crippen LogP contribution is -2.33. The quantitative estimate of drug-likeness (QED) is 0.520. The summed E-state index contributed by atoms with van der Waals surface area (Å²) in [5.41, 5.74) is 2.00. The van der Waals surface area contributed by atoms with Gasteiger partial charge in [-0.2, -0.15) is 0 Å². The Morgan fingerprint density at radius 3 is 2.72 bits per heavy atom. The molecule has 29 heavy (non-hydrogen) atoms. The molecule has 7 heteroatoms. The second kappa shape index (κ2) is 9.52. The maximum Gasteiger partial charge on any atom is 0.309 e. The highest BCUT2D eigenvalue weighted by molar-refractivity contribution is 7.18. The summed E-state index contributed by atoms with van der Waals surface area (Å²) >= 11 is 1.56. The zero-order chi connectivity index (χ0) is 20.8. The highest BCUT2D eigenvalue weighted by Crippen LogP contribution is 2.28. The normalized spacial score (nSPS) is 11.8. The second-order valence-electron chi connectivity index (χ2n) is 6.78. The molecular formula is C22H24N2O4S. The summed E-state index contributed by atoms with van der Waals surface area (Å²) in [6, 6.07) is 15.2. The van der Waals surface area contributed by atoms with Crippen LogP contribution in [0.25, 0.3) is 10.2 Å². The Bertz CT molecular complexity index is 968. The molecule has 3 aromatic rings. The minimum Gasteiger partial charge on any atom is -0.493 e. The number of likely N-dealkylation sites (N-methyl/N-ethyl adjacent to an activating group) is 1. The first-order valence-electron chi connectivity index (χ1n) is 9.40. The predicted octanol–water partition coefficient (Wildman–Crippen LogP) is 4.14. The molecule has 0 aliphatic heterocycles. The molecule has 0 fully saturated rings. The monoisotopic (exact) mass is 412 g/mol. The summed E-state index contributed by atoms with van der Waals surface area (Å²) in [5, 5.41) is 0.847. The van der Waals surface area contributed by atoms with E-state index in [0.29, 0.717) is 5.75 Å². The fourth-order valence-electron chi connectivity index (χ4n) is 2.72. The third-order valence-corrected chi connectivity index (χ3v) is 5.77. The van der Waals surface area contributed by atoms with Crippen LogP contribution in [0.4, 0.5) is 0 Å². The van der Waals surface area contributed by atoms with Gasteiger partial charge in [0.1, 0.15) is 10.8 Å². The average Bonchev–Trinajstić information content (AvgIpc) is 3.15. The fourth-order valence-corrected chi connectivity index (χ4v) is 3.79. The first-order valence-corrected chi connectivity index (χ1v) is 10.2. The summed E-state index contributed by atoms with van der Waals surface area (Å²) < 4.78 is 11.7. The topological polar surface area (TPSA) is 68.7 Å². The standard InChI is InChI=1S/C22H24N2O4S/c1-15-7-6-8-17(13-15)27-12-11-21(26)28-14-20(25)24(3)16(2)22-23-18-9-4-5-10-19(18)29-22/h4-10,13,16H,11-12,14H2,1-3H3/t16-/m0/s1. The van der Waals surface area contributed by atoms with E-state index in [0.717, 1.165) is 20.8 Å². The number of rotatable bonds is 8. The smallest absolute Gasteiger partial charge is 0.309 e. The lowest BCUT2D eigenvalue weighted by atomic mass is 10.2. The van der Waals surface area contributed by atoms with E-state index in [4.69, 9.17) is 9.47 Å². The third-order valence-electron chi connectivity index (χ3n) is 4.56. The molecular weight excluding hydrogens is 388 g/mol. The summed E-state index contributed by atoms with van der Waals surface area (Å²) in [5.74, 6) is -0.0324. The Hall–Kier alpha value is -2.93. The zero-order valence-corrected chi connectivity index (χ0v) is 17.6. The van der Waals surface area contributed by atoms with E-state index in [9.17, 15) is 9.59 Å². The number of amides is 1. The molecule has 1 aromatic heterocycles. The molecule has 0 N–H and O–H groups in total. The van der Waals surface area contributed by atoms with Crippen LogP contribution in [0.2, 0.25) is 0 Å². The molecule has 1 amide bonds. The predicted molar refractivity (Wildman–Crippen MR) is 113 cm³/mol. The molecule has 0 aliphatic carbocycles. The van der Waals surface area contributed by atoms with Crippen LogP contribution in [0.15, 0.2) is 48.5 Å². The zero-order valence-electron chi connectivity index (χ0n) is 16.8. The number of ether oxygens (including phenoxy) is 2. The van der Waals surface area contributed by atoms with E-state index in [-0.39, 0.29) is 31.6 Å². The number of hydrogen-bond acceptors (Lipinski definition) is 6. The number of para-hydroxylation sites is 1. The van der Waals surface area contributed by atoms with Gasteiger partial charge in [-0.15, -0.1) is 11.3 Å². The summed E-state index contributed by atoms with van der Waals surface area (Å²) in [6.45, 7) is 3.79. The second-order valence-corrected chi connectivity index (χ2v) is 7.84. The van der Waals surface area contributed by atoms with Gasteiger partial charge in [-0.1, -0.05) is 24.3 Å². The molecule has 0 aliphatic rings. The fraction of sp³-hybridized carbons (Fsp3) is 0.318. The molecule has 1 heterocycles. The average molecular weight is 413 g/mol. The number of fused-ring (bicyclic) bond motifs is 1. The minimum atomic E-state index is -0.466. The van der Waals surface area contributed by atoms with Crippen molar-refractivity contribution >= 4 is 33.4 Å². The Labute approximate surface area is 174 Å². The van der Waals surface area contributed by atoms with Crippen molar-refractivity contribution in [3.63, 3.8) is 0 Å². The number of hydrogen-bond donors (Lipinski definition) is 0. The first kappa shape index (κ1) is 20.8. The van der Waals surface area contributed by atoms with Crippen LogP contribution in [-0.4, -0.2) is 42.0 Å². The lowest BCUT2D eigenvalue weighted by molar-refractivity contribution is -0.152. The molecule has 0 spiro atoms. The van der Waals surface area contributed by atoms with Gasteiger partial charge in [0.05, 0.1) is 29.3 Å². The van der Waals surface area contributed by atoms with Crippen LogP contribution in [0.1, 0.15) is 30.0 Å². The van der Waals surface area contributed by atoms with Crippen molar-refractivity contribution in [2.75, 3.05) is 20.3 Å². The van der Waals surface area contributed by atoms with Gasteiger partial charge in [-0.25, -0.2) is 4.98 Å². The maximum absolute atomic E-state index is 12.4. The number of esters is 1. The van der Waals surface area contributed by atoms with Crippen LogP contribution in [0.3, 0.4) is 0 Å². The van der Waals surface area contributed by atoms with Crippen molar-refractivity contribution in [2.24, 2.45) is 0 Å². The van der Waals surface area contributed by atoms with Crippen molar-refractivity contribution in [1.82, 2.24) is 9.88 Å². The van der Waals surface area contributed by atoms with Crippen LogP contribution >= 0.6 is 11.3 Å². The van der Waals surface area contributed by atoms with Crippen molar-refractivity contribution in [3.05, 3.63) is 59.1 Å². The number of carbonyl (C=O) groups is 2. The molecule has 0 saturated heterocycles. The number of benzene rings is 2. The van der Waals surface area contributed by atoms with Gasteiger partial charge in [-0.3, -0.25) is 9.59 Å². The first-order chi connectivity index (χ1) is 13.9. The molecule has 6 nitrogen and oxygen atoms in total. The molecule has 0 unspecified atom stereocenters. The van der Waals surface area contributed by atoms with E-state index >= 15 is 0 Å². The number of nitrogens with zero attached hydrogens (tertiary/aromatic N) is 2. The van der Waals surface area contributed by atoms with E-state index < -0.39 is 5.97 Å². The van der Waals surface area contributed by atoms with E-state index in [2.05, 4.69) is 4.98 Å². The van der Waals surface area contributed by atoms with Gasteiger partial charge in [-0.05, 0) is 43.7 Å². The summed E-state index contributed by atoms with van der Waals surface area (Å²) in [6.07, 6.45) is 0.0817. The van der Waals surface area contributed by atoms with Crippen molar-refractivity contribution in [3.8, 4) is 5.75 Å². The Morgan fingerprint density at radius 1 is 1.17 bits per heavy atom. The Kier molecular flexibility index (Phi) is 6.82. The molecule has 152 valence electrons. The number of aryl methyl sites for hydroxylation is 1. The van der Waals surface area contributed by atoms with Gasteiger partial charge in [0.2, 0.25) is 0 Å². The van der Waals surface area contributed by atoms with E-state index in [1.807, 2.05) is 62.4 Å². The third kappa shape index (κ3) is 5.54. The van der Waals surface area contributed by atoms with Crippen LogP contribution < -0.4 is 4.74 Å². The molecule has 0 bridgehead atoms. The van der Waals surface area contributed by atoms with Crippen molar-refractivity contribution in [1.29, 1.82) is 0 Å². The maximum atomic E-state index is 12.4. The number of carbonyl (C=O) groups excluding carboxylic acids is 2. The van der Waals surface area contributed by atoms with Crippen LogP contribution in [-0.2, 0) is 14.3 Å². The Morgan fingerprint density at radius 2 is 1.97 bits per heavy atom.